The molecule has 0 aliphatic heterocycles. The second kappa shape index (κ2) is 9.86. The molecular formula is C25H19F6N3O. The number of nitrogens with zero attached hydrogens (tertiary/aromatic N) is 3. The van der Waals surface area contributed by atoms with Gasteiger partial charge >= 0.3 is 12.4 Å². The molecule has 4 rings (SSSR count). The van der Waals surface area contributed by atoms with Gasteiger partial charge in [-0.15, -0.1) is 0 Å². The number of alkyl halides is 6. The van der Waals surface area contributed by atoms with Gasteiger partial charge in [-0.05, 0) is 37.1 Å². The van der Waals surface area contributed by atoms with Gasteiger partial charge in [-0.25, -0.2) is 4.98 Å². The van der Waals surface area contributed by atoms with Crippen LogP contribution in [-0.2, 0) is 30.3 Å². The van der Waals surface area contributed by atoms with Crippen LogP contribution in [0.4, 0.5) is 26.3 Å². The minimum Gasteiger partial charge on any atom is -0.391 e. The van der Waals surface area contributed by atoms with E-state index in [4.69, 9.17) is 4.84 Å². The molecule has 10 heteroatoms. The Morgan fingerprint density at radius 3 is 2.37 bits per heavy atom. The second-order valence-electron chi connectivity index (χ2n) is 8.03. The van der Waals surface area contributed by atoms with E-state index in [1.165, 1.54) is 0 Å². The highest BCUT2D eigenvalue weighted by Crippen LogP contribution is 2.37. The number of hydrogen-bond acceptors (Lipinski definition) is 3. The van der Waals surface area contributed by atoms with Crippen LogP contribution < -0.4 is 0 Å². The Kier molecular flexibility index (Phi) is 6.87. The predicted molar refractivity (Wildman–Crippen MR) is 116 cm³/mol. The normalized spacial score (nSPS) is 14.4. The SMILES string of the molecule is FC(F)(F)c1ccc(CON=C(Cn2ccnc2)c2ccc(C#CC3CC3)cc2)c(C(F)(F)F)c1. The molecule has 0 unspecified atom stereocenters. The van der Waals surface area contributed by atoms with Gasteiger partial charge in [0.25, 0.3) is 0 Å². The van der Waals surface area contributed by atoms with Crippen LogP contribution in [0.5, 0.6) is 0 Å². The summed E-state index contributed by atoms with van der Waals surface area (Å²) < 4.78 is 80.6. The summed E-state index contributed by atoms with van der Waals surface area (Å²) in [5.41, 5.74) is -1.39. The van der Waals surface area contributed by atoms with Gasteiger partial charge in [-0.2, -0.15) is 26.3 Å². The fourth-order valence-corrected chi connectivity index (χ4v) is 3.21. The maximum atomic E-state index is 13.4. The number of benzene rings is 2. The number of oxime groups is 1. The molecule has 1 aliphatic rings. The van der Waals surface area contributed by atoms with E-state index >= 15 is 0 Å². The monoisotopic (exact) mass is 491 g/mol. The van der Waals surface area contributed by atoms with Crippen molar-refractivity contribution in [1.29, 1.82) is 0 Å². The zero-order valence-corrected chi connectivity index (χ0v) is 18.2. The first kappa shape index (κ1) is 24.4. The summed E-state index contributed by atoms with van der Waals surface area (Å²) in [6.45, 7) is -0.447. The molecule has 0 saturated heterocycles. The zero-order chi connectivity index (χ0) is 25.1. The summed E-state index contributed by atoms with van der Waals surface area (Å²) in [7, 11) is 0. The van der Waals surface area contributed by atoms with Crippen molar-refractivity contribution in [2.45, 2.75) is 38.3 Å². The summed E-state index contributed by atoms with van der Waals surface area (Å²) in [6.07, 6.45) is -2.87. The van der Waals surface area contributed by atoms with Crippen LogP contribution in [0, 0.1) is 17.8 Å². The van der Waals surface area contributed by atoms with Gasteiger partial charge in [0.2, 0.25) is 0 Å². The lowest BCUT2D eigenvalue weighted by molar-refractivity contribution is -0.143. The van der Waals surface area contributed by atoms with E-state index < -0.39 is 35.6 Å². The van der Waals surface area contributed by atoms with E-state index in [1.54, 1.807) is 35.4 Å². The first-order chi connectivity index (χ1) is 16.6. The molecular weight excluding hydrogens is 472 g/mol. The summed E-state index contributed by atoms with van der Waals surface area (Å²) in [5, 5.41) is 4.01. The maximum absolute atomic E-state index is 13.4. The van der Waals surface area contributed by atoms with Crippen LogP contribution >= 0.6 is 0 Å². The Morgan fingerprint density at radius 1 is 1.03 bits per heavy atom. The molecule has 0 amide bonds. The molecule has 1 aliphatic carbocycles. The number of imidazole rings is 1. The average molecular weight is 491 g/mol. The smallest absolute Gasteiger partial charge is 0.391 e. The zero-order valence-electron chi connectivity index (χ0n) is 18.2. The fraction of sp³-hybridized carbons (Fsp3) is 0.280. The second-order valence-corrected chi connectivity index (χ2v) is 8.03. The molecule has 1 fully saturated rings. The van der Waals surface area contributed by atoms with Crippen LogP contribution in [0.2, 0.25) is 0 Å². The van der Waals surface area contributed by atoms with Crippen LogP contribution in [0.25, 0.3) is 0 Å². The summed E-state index contributed by atoms with van der Waals surface area (Å²) in [5.74, 6) is 6.71. The van der Waals surface area contributed by atoms with E-state index in [0.717, 1.165) is 24.5 Å². The van der Waals surface area contributed by atoms with Gasteiger partial charge in [-0.3, -0.25) is 0 Å². The van der Waals surface area contributed by atoms with E-state index in [2.05, 4.69) is 22.0 Å². The van der Waals surface area contributed by atoms with Gasteiger partial charge in [0.1, 0.15) is 12.3 Å². The van der Waals surface area contributed by atoms with Crippen molar-refractivity contribution in [1.82, 2.24) is 9.55 Å². The van der Waals surface area contributed by atoms with Crippen molar-refractivity contribution in [3.63, 3.8) is 0 Å². The Hall–Kier alpha value is -3.74. The molecule has 3 aromatic rings. The maximum Gasteiger partial charge on any atom is 0.416 e. The standard InChI is InChI=1S/C25H19F6N3O/c26-24(27,28)21-10-9-20(22(13-21)25(29,30)31)15-35-33-23(14-34-12-11-32-16-34)19-7-5-18(6-8-19)4-3-17-1-2-17/h5-13,16-17H,1-2,14-15H2. The Balaban J connectivity index is 1.56. The number of aromatic nitrogens is 2. The minimum absolute atomic E-state index is 0.0796. The molecule has 0 radical (unpaired) electrons. The van der Waals surface area contributed by atoms with Crippen LogP contribution in [0.15, 0.2) is 66.3 Å². The van der Waals surface area contributed by atoms with Gasteiger partial charge in [0.05, 0.1) is 24.0 Å². The van der Waals surface area contributed by atoms with Crippen molar-refractivity contribution < 1.29 is 31.2 Å². The van der Waals surface area contributed by atoms with E-state index in [-0.39, 0.29) is 12.6 Å². The summed E-state index contributed by atoms with van der Waals surface area (Å²) in [6, 6.07) is 8.59. The first-order valence-corrected chi connectivity index (χ1v) is 10.6. The molecule has 1 aromatic heterocycles. The third-order valence-corrected chi connectivity index (χ3v) is 5.25. The lowest BCUT2D eigenvalue weighted by atomic mass is 10.0. The van der Waals surface area contributed by atoms with E-state index in [0.29, 0.717) is 23.3 Å². The molecule has 0 N–H and O–H groups in total. The molecule has 182 valence electrons. The number of halogens is 6. The summed E-state index contributed by atoms with van der Waals surface area (Å²) >= 11 is 0. The minimum atomic E-state index is -4.99. The molecule has 0 spiro atoms. The molecule has 0 atom stereocenters. The highest BCUT2D eigenvalue weighted by molar-refractivity contribution is 6.00. The lowest BCUT2D eigenvalue weighted by Crippen LogP contribution is -2.14. The van der Waals surface area contributed by atoms with Crippen molar-refractivity contribution in [3.05, 3.63) is 89.0 Å². The van der Waals surface area contributed by atoms with Crippen molar-refractivity contribution in [2.75, 3.05) is 0 Å². The Morgan fingerprint density at radius 2 is 1.77 bits per heavy atom. The molecule has 1 saturated carbocycles. The largest absolute Gasteiger partial charge is 0.416 e. The molecule has 0 bridgehead atoms. The molecule has 4 nitrogen and oxygen atoms in total. The fourth-order valence-electron chi connectivity index (χ4n) is 3.21. The van der Waals surface area contributed by atoms with Crippen LogP contribution in [0.3, 0.4) is 0 Å². The quantitative estimate of drug-likeness (QED) is 0.176. The highest BCUT2D eigenvalue weighted by atomic mass is 19.4. The summed E-state index contributed by atoms with van der Waals surface area (Å²) in [4.78, 5) is 9.17. The van der Waals surface area contributed by atoms with Crippen molar-refractivity contribution >= 4 is 5.71 Å². The van der Waals surface area contributed by atoms with Crippen LogP contribution in [-0.4, -0.2) is 15.3 Å². The third-order valence-electron chi connectivity index (χ3n) is 5.25. The van der Waals surface area contributed by atoms with Crippen LogP contribution in [0.1, 0.15) is 40.7 Å². The average Bonchev–Trinajstić information content (AvgIpc) is 3.49. The lowest BCUT2D eigenvalue weighted by Gasteiger charge is -2.15. The predicted octanol–water partition coefficient (Wildman–Crippen LogP) is 6.30. The Bertz CT molecular complexity index is 1250. The third kappa shape index (κ3) is 6.66. The van der Waals surface area contributed by atoms with E-state index in [9.17, 15) is 26.3 Å². The van der Waals surface area contributed by atoms with E-state index in [1.807, 2.05) is 12.1 Å². The van der Waals surface area contributed by atoms with Crippen molar-refractivity contribution in [2.24, 2.45) is 11.1 Å². The molecule has 1 heterocycles. The molecule has 35 heavy (non-hydrogen) atoms. The molecule has 2 aromatic carbocycles. The van der Waals surface area contributed by atoms with Crippen molar-refractivity contribution in [3.8, 4) is 11.8 Å². The van der Waals surface area contributed by atoms with Gasteiger partial charge < -0.3 is 9.40 Å². The van der Waals surface area contributed by atoms with Gasteiger partial charge in [0.15, 0.2) is 0 Å². The van der Waals surface area contributed by atoms with Gasteiger partial charge in [-0.1, -0.05) is 35.2 Å². The van der Waals surface area contributed by atoms with Gasteiger partial charge in [0, 0.05) is 35.0 Å². The first-order valence-electron chi connectivity index (χ1n) is 10.6. The topological polar surface area (TPSA) is 39.4 Å². The number of rotatable bonds is 6. The Labute approximate surface area is 197 Å². The highest BCUT2D eigenvalue weighted by Gasteiger charge is 2.38. The number of hydrogen-bond donors (Lipinski definition) is 0.